The van der Waals surface area contributed by atoms with Crippen LogP contribution in [0.15, 0.2) is 29.1 Å². The molecule has 2 atom stereocenters. The third kappa shape index (κ3) is 4.84. The Morgan fingerprint density at radius 1 is 1.19 bits per heavy atom. The molecule has 0 unspecified atom stereocenters. The van der Waals surface area contributed by atoms with Crippen LogP contribution in [0.1, 0.15) is 42.0 Å². The summed E-state index contributed by atoms with van der Waals surface area (Å²) in [5, 5.41) is 31.9. The van der Waals surface area contributed by atoms with Crippen LogP contribution in [0.4, 0.5) is 4.79 Å². The summed E-state index contributed by atoms with van der Waals surface area (Å²) in [5.74, 6) is -3.67. The highest BCUT2D eigenvalue weighted by molar-refractivity contribution is 5.91. The monoisotopic (exact) mass is 580 g/mol. The Labute approximate surface area is 238 Å². The number of pyridine rings is 2. The minimum atomic E-state index is -1.95. The number of cyclic esters (lactones) is 1. The average molecular weight is 581 g/mol. The van der Waals surface area contributed by atoms with Crippen molar-refractivity contribution in [3.8, 4) is 17.1 Å². The molecule has 0 spiro atoms. The number of rotatable bonds is 8. The number of carboxylic acids is 2. The number of nitrogens with zero attached hydrogens (tertiary/aromatic N) is 3. The first-order valence-electron chi connectivity index (χ1n) is 13.0. The van der Waals surface area contributed by atoms with Crippen molar-refractivity contribution in [1.82, 2.24) is 19.8 Å². The number of hydrogen-bond donors (Lipinski definition) is 4. The molecule has 2 aromatic heterocycles. The molecular weight excluding hydrogens is 552 g/mol. The molecule has 0 aliphatic carbocycles. The van der Waals surface area contributed by atoms with E-state index in [9.17, 15) is 34.2 Å². The van der Waals surface area contributed by atoms with E-state index in [0.717, 1.165) is 11.1 Å². The number of hydrogen-bond acceptors (Lipinski definition) is 10. The minimum Gasteiger partial charge on any atom is -0.481 e. The van der Waals surface area contributed by atoms with Crippen molar-refractivity contribution in [3.63, 3.8) is 0 Å². The van der Waals surface area contributed by atoms with E-state index in [1.165, 1.54) is 10.6 Å². The van der Waals surface area contributed by atoms with E-state index in [-0.39, 0.29) is 36.4 Å². The zero-order chi connectivity index (χ0) is 30.5. The fraction of sp³-hybridized carbons (Fsp3) is 0.357. The summed E-state index contributed by atoms with van der Waals surface area (Å²) in [5.41, 5.74) is 1.07. The molecule has 14 heteroatoms. The maximum absolute atomic E-state index is 13.6. The lowest BCUT2D eigenvalue weighted by Gasteiger charge is -2.31. The number of amides is 1. The van der Waals surface area contributed by atoms with Gasteiger partial charge in [-0.05, 0) is 50.3 Å². The molecule has 4 N–H and O–H groups in total. The number of carboxylic acid groups (broad SMARTS) is 2. The van der Waals surface area contributed by atoms with Crippen LogP contribution in [-0.2, 0) is 44.4 Å². The number of carbonyl (C=O) groups is 4. The number of fused-ring (bicyclic) bond motifs is 5. The first-order valence-corrected chi connectivity index (χ1v) is 13.0. The molecule has 2 aliphatic heterocycles. The number of carbonyl (C=O) groups excluding carboxylic acids is 2. The third-order valence-corrected chi connectivity index (χ3v) is 7.43. The molecule has 42 heavy (non-hydrogen) atoms. The summed E-state index contributed by atoms with van der Waals surface area (Å²) in [6.45, 7) is 1.97. The number of aliphatic hydroxyl groups is 1. The van der Waals surface area contributed by atoms with Gasteiger partial charge in [-0.15, -0.1) is 0 Å². The van der Waals surface area contributed by atoms with Gasteiger partial charge < -0.3 is 39.6 Å². The number of aliphatic carboxylic acids is 2. The van der Waals surface area contributed by atoms with Gasteiger partial charge in [-0.1, -0.05) is 6.92 Å². The SMILES string of the molecule is CC[C@@]1(O)C(=O)OCc2c1cc1n(c2=O)Cc2c-1nc1ccc(OC(=O)N[C@@H](CC(=O)O)C(=O)O)cc1c2CN(C)C. The Kier molecular flexibility index (Phi) is 7.20. The molecular formula is C28H28N4O10. The number of benzene rings is 1. The average Bonchev–Trinajstić information content (AvgIpc) is 3.29. The van der Waals surface area contributed by atoms with Crippen molar-refractivity contribution in [3.05, 3.63) is 56.9 Å². The topological polar surface area (TPSA) is 198 Å². The summed E-state index contributed by atoms with van der Waals surface area (Å²) in [6.07, 6.45) is -1.95. The van der Waals surface area contributed by atoms with Crippen LogP contribution >= 0.6 is 0 Å². The molecule has 5 rings (SSSR count). The van der Waals surface area contributed by atoms with Crippen LogP contribution in [0.25, 0.3) is 22.3 Å². The van der Waals surface area contributed by atoms with Crippen molar-refractivity contribution in [2.75, 3.05) is 14.1 Å². The van der Waals surface area contributed by atoms with E-state index in [1.54, 1.807) is 25.1 Å². The molecule has 2 aliphatic rings. The van der Waals surface area contributed by atoms with Gasteiger partial charge in [0.15, 0.2) is 5.60 Å². The largest absolute Gasteiger partial charge is 0.481 e. The molecule has 0 bridgehead atoms. The van der Waals surface area contributed by atoms with Gasteiger partial charge in [0.05, 0.1) is 35.4 Å². The maximum Gasteiger partial charge on any atom is 0.413 e. The van der Waals surface area contributed by atoms with Gasteiger partial charge in [0.25, 0.3) is 5.56 Å². The summed E-state index contributed by atoms with van der Waals surface area (Å²) in [6, 6.07) is 4.56. The Balaban J connectivity index is 1.58. The minimum absolute atomic E-state index is 0.0193. The molecule has 1 amide bonds. The fourth-order valence-corrected chi connectivity index (χ4v) is 5.35. The molecule has 0 saturated carbocycles. The zero-order valence-corrected chi connectivity index (χ0v) is 23.0. The molecule has 0 saturated heterocycles. The number of nitrogens with one attached hydrogen (secondary N) is 1. The third-order valence-electron chi connectivity index (χ3n) is 7.43. The van der Waals surface area contributed by atoms with Crippen molar-refractivity contribution in [2.24, 2.45) is 0 Å². The molecule has 0 radical (unpaired) electrons. The summed E-state index contributed by atoms with van der Waals surface area (Å²) in [4.78, 5) is 67.4. The standard InChI is InChI=1S/C28H28N4O10/c1-4-28(40)18-8-21-23-16(11-32(21)24(35)17(18)12-41-26(28)38)15(10-31(2)3)14-7-13(5-6-19(14)29-23)42-27(39)30-20(25(36)37)9-22(33)34/h5-8,20,40H,4,9-12H2,1-3H3,(H,30,39)(H,33,34)(H,36,37)/t20-,28-/m0/s1. The Hall–Kier alpha value is -4.82. The molecule has 220 valence electrons. The second-order valence-corrected chi connectivity index (χ2v) is 10.5. The number of aromatic nitrogens is 2. The van der Waals surface area contributed by atoms with Crippen LogP contribution in [0.3, 0.4) is 0 Å². The van der Waals surface area contributed by atoms with Crippen LogP contribution < -0.4 is 15.6 Å². The van der Waals surface area contributed by atoms with Crippen LogP contribution in [0, 0.1) is 0 Å². The van der Waals surface area contributed by atoms with E-state index in [2.05, 4.69) is 0 Å². The number of ether oxygens (including phenoxy) is 2. The molecule has 3 aromatic rings. The number of esters is 1. The maximum atomic E-state index is 13.6. The predicted octanol–water partition coefficient (Wildman–Crippen LogP) is 1.16. The highest BCUT2D eigenvalue weighted by Gasteiger charge is 2.45. The van der Waals surface area contributed by atoms with Crippen molar-refractivity contribution >= 4 is 34.9 Å². The van der Waals surface area contributed by atoms with Gasteiger partial charge in [0, 0.05) is 23.1 Å². The smallest absolute Gasteiger partial charge is 0.413 e. The summed E-state index contributed by atoms with van der Waals surface area (Å²) >= 11 is 0. The fourth-order valence-electron chi connectivity index (χ4n) is 5.35. The lowest BCUT2D eigenvalue weighted by atomic mass is 9.86. The van der Waals surface area contributed by atoms with Crippen LogP contribution in [0.2, 0.25) is 0 Å². The Morgan fingerprint density at radius 2 is 1.93 bits per heavy atom. The van der Waals surface area contributed by atoms with Crippen LogP contribution in [0.5, 0.6) is 5.75 Å². The van der Waals surface area contributed by atoms with Crippen molar-refractivity contribution in [2.45, 2.75) is 51.1 Å². The normalized spacial score (nSPS) is 17.7. The van der Waals surface area contributed by atoms with Crippen molar-refractivity contribution < 1.29 is 44.0 Å². The Morgan fingerprint density at radius 3 is 2.57 bits per heavy atom. The van der Waals surface area contributed by atoms with Gasteiger partial charge in [-0.3, -0.25) is 9.59 Å². The zero-order valence-electron chi connectivity index (χ0n) is 23.0. The molecule has 0 fully saturated rings. The van der Waals surface area contributed by atoms with Crippen LogP contribution in [-0.4, -0.2) is 73.9 Å². The van der Waals surface area contributed by atoms with E-state index in [4.69, 9.17) is 19.6 Å². The highest BCUT2D eigenvalue weighted by Crippen LogP contribution is 2.40. The Bertz CT molecular complexity index is 1730. The lowest BCUT2D eigenvalue weighted by Crippen LogP contribution is -2.44. The van der Waals surface area contributed by atoms with E-state index in [0.29, 0.717) is 28.8 Å². The second-order valence-electron chi connectivity index (χ2n) is 10.5. The van der Waals surface area contributed by atoms with E-state index < -0.39 is 47.6 Å². The van der Waals surface area contributed by atoms with Gasteiger partial charge in [-0.25, -0.2) is 19.4 Å². The van der Waals surface area contributed by atoms with Gasteiger partial charge in [0.1, 0.15) is 18.4 Å². The first-order chi connectivity index (χ1) is 19.8. The second kappa shape index (κ2) is 10.5. The molecule has 4 heterocycles. The highest BCUT2D eigenvalue weighted by atomic mass is 16.6. The first kappa shape index (κ1) is 28.7. The van der Waals surface area contributed by atoms with Crippen molar-refractivity contribution in [1.29, 1.82) is 0 Å². The molecule has 14 nitrogen and oxygen atoms in total. The quantitative estimate of drug-likeness (QED) is 0.217. The van der Waals surface area contributed by atoms with Gasteiger partial charge in [-0.2, -0.15) is 0 Å². The van der Waals surface area contributed by atoms with Gasteiger partial charge in [0.2, 0.25) is 0 Å². The predicted molar refractivity (Wildman–Crippen MR) is 145 cm³/mol. The summed E-state index contributed by atoms with van der Waals surface area (Å²) in [7, 11) is 3.72. The lowest BCUT2D eigenvalue weighted by molar-refractivity contribution is -0.172. The molecule has 1 aromatic carbocycles. The van der Waals surface area contributed by atoms with Gasteiger partial charge >= 0.3 is 24.0 Å². The van der Waals surface area contributed by atoms with E-state index >= 15 is 0 Å². The summed E-state index contributed by atoms with van der Waals surface area (Å²) < 4.78 is 11.9. The van der Waals surface area contributed by atoms with E-state index in [1.807, 2.05) is 24.3 Å².